The minimum Gasteiger partial charge on any atom is -0.494 e. The molecule has 12 heteroatoms. The Kier molecular flexibility index (Phi) is 7.99. The number of ether oxygens (including phenoxy) is 4. The first-order valence-electron chi connectivity index (χ1n) is 12.8. The predicted octanol–water partition coefficient (Wildman–Crippen LogP) is 3.30. The summed E-state index contributed by atoms with van der Waals surface area (Å²) >= 11 is 0. The van der Waals surface area contributed by atoms with E-state index in [1.165, 1.54) is 20.3 Å². The van der Waals surface area contributed by atoms with Gasteiger partial charge in [-0.05, 0) is 24.6 Å². The van der Waals surface area contributed by atoms with Crippen LogP contribution < -0.4 is 25.0 Å². The first kappa shape index (κ1) is 27.5. The van der Waals surface area contributed by atoms with Crippen LogP contribution in [0.15, 0.2) is 37.1 Å². The van der Waals surface area contributed by atoms with E-state index in [1.807, 2.05) is 11.0 Å². The molecule has 3 atom stereocenters. The summed E-state index contributed by atoms with van der Waals surface area (Å²) in [5, 5.41) is 7.56. The van der Waals surface area contributed by atoms with Gasteiger partial charge in [0.2, 0.25) is 5.91 Å². The lowest BCUT2D eigenvalue weighted by Crippen LogP contribution is -2.45. The van der Waals surface area contributed by atoms with Crippen molar-refractivity contribution in [2.45, 2.75) is 24.6 Å². The second kappa shape index (κ2) is 11.6. The third-order valence-electron chi connectivity index (χ3n) is 7.23. The zero-order chi connectivity index (χ0) is 28.4. The third kappa shape index (κ3) is 5.24. The van der Waals surface area contributed by atoms with Gasteiger partial charge in [0.05, 0.1) is 56.9 Å². The number of benzene rings is 1. The van der Waals surface area contributed by atoms with E-state index >= 15 is 8.78 Å². The van der Waals surface area contributed by atoms with Crippen molar-refractivity contribution in [2.24, 2.45) is 0 Å². The standard InChI is InChI=1S/C28H31F2N5O5/c1-5-24(36)33-20-14-40-13-19(20)32-23-9-17-15(11-31-23)8-18(34-28(17)35-7-6-16(12-35)37-2)25-26(29)21(38-3)10-22(39-4)27(25)30/h5,8-11,16,19-20H,1,6-7,12-14H2,2-4H3,(H,31,32)(H,33,36)/t16?,19-,20+/m1/s1. The van der Waals surface area contributed by atoms with Gasteiger partial charge in [-0.25, -0.2) is 18.7 Å². The van der Waals surface area contributed by atoms with Gasteiger partial charge in [0.1, 0.15) is 11.6 Å². The van der Waals surface area contributed by atoms with Gasteiger partial charge in [-0.2, -0.15) is 0 Å². The van der Waals surface area contributed by atoms with Crippen LogP contribution in [-0.4, -0.2) is 81.7 Å². The van der Waals surface area contributed by atoms with Crippen LogP contribution in [0.5, 0.6) is 11.5 Å². The Labute approximate surface area is 230 Å². The van der Waals surface area contributed by atoms with Crippen LogP contribution in [0.3, 0.4) is 0 Å². The summed E-state index contributed by atoms with van der Waals surface area (Å²) in [6.07, 6.45) is 3.61. The van der Waals surface area contributed by atoms with Crippen molar-refractivity contribution >= 4 is 28.3 Å². The number of rotatable bonds is 9. The topological polar surface area (TPSA) is 107 Å². The number of anilines is 2. The van der Waals surface area contributed by atoms with Gasteiger partial charge in [0.25, 0.3) is 0 Å². The zero-order valence-corrected chi connectivity index (χ0v) is 22.5. The molecule has 0 aliphatic carbocycles. The molecule has 0 spiro atoms. The second-order valence-corrected chi connectivity index (χ2v) is 9.61. The summed E-state index contributed by atoms with van der Waals surface area (Å²) in [6.45, 7) is 5.44. The highest BCUT2D eigenvalue weighted by atomic mass is 19.1. The van der Waals surface area contributed by atoms with Gasteiger partial charge in [0, 0.05) is 43.2 Å². The van der Waals surface area contributed by atoms with Crippen LogP contribution in [0, 0.1) is 11.6 Å². The predicted molar refractivity (Wildman–Crippen MR) is 146 cm³/mol. The van der Waals surface area contributed by atoms with Crippen molar-refractivity contribution in [1.29, 1.82) is 0 Å². The molecule has 2 N–H and O–H groups in total. The minimum absolute atomic E-state index is 0.00445. The lowest BCUT2D eigenvalue weighted by molar-refractivity contribution is -0.117. The number of nitrogens with zero attached hydrogens (tertiary/aromatic N) is 3. The molecule has 2 aliphatic rings. The minimum atomic E-state index is -0.880. The van der Waals surface area contributed by atoms with Crippen LogP contribution >= 0.6 is 0 Å². The van der Waals surface area contributed by atoms with Crippen molar-refractivity contribution < 1.29 is 32.5 Å². The number of carbonyl (C=O) groups excluding carboxylic acids is 1. The van der Waals surface area contributed by atoms with Crippen molar-refractivity contribution in [3.63, 3.8) is 0 Å². The smallest absolute Gasteiger partial charge is 0.243 e. The summed E-state index contributed by atoms with van der Waals surface area (Å²) in [7, 11) is 4.25. The molecule has 0 saturated carbocycles. The first-order chi connectivity index (χ1) is 19.4. The van der Waals surface area contributed by atoms with Gasteiger partial charge in [0.15, 0.2) is 23.1 Å². The molecule has 2 saturated heterocycles. The van der Waals surface area contributed by atoms with Gasteiger partial charge >= 0.3 is 0 Å². The Morgan fingerprint density at radius 3 is 2.50 bits per heavy atom. The van der Waals surface area contributed by atoms with Gasteiger partial charge in [-0.1, -0.05) is 6.58 Å². The van der Waals surface area contributed by atoms with Gasteiger partial charge < -0.3 is 34.5 Å². The molecule has 5 rings (SSSR count). The maximum Gasteiger partial charge on any atom is 0.243 e. The average Bonchev–Trinajstić information content (AvgIpc) is 3.62. The Morgan fingerprint density at radius 2 is 1.85 bits per heavy atom. The van der Waals surface area contributed by atoms with E-state index in [0.29, 0.717) is 43.3 Å². The molecule has 40 heavy (non-hydrogen) atoms. The van der Waals surface area contributed by atoms with E-state index in [2.05, 4.69) is 22.2 Å². The molecule has 0 radical (unpaired) electrons. The number of fused-ring (bicyclic) bond motifs is 1. The highest BCUT2D eigenvalue weighted by Crippen LogP contribution is 2.40. The fourth-order valence-electron chi connectivity index (χ4n) is 5.07. The largest absolute Gasteiger partial charge is 0.494 e. The SMILES string of the molecule is C=CC(=O)N[C@H]1COC[C@H]1Nc1cc2c(N3CCC(OC)C3)nc(-c3c(F)c(OC)cc(OC)c3F)cc2cn1. The van der Waals surface area contributed by atoms with E-state index in [4.69, 9.17) is 23.9 Å². The molecular formula is C28H31F2N5O5. The van der Waals surface area contributed by atoms with Crippen LogP contribution in [0.25, 0.3) is 22.0 Å². The van der Waals surface area contributed by atoms with E-state index in [-0.39, 0.29) is 46.9 Å². The lowest BCUT2D eigenvalue weighted by Gasteiger charge is -2.23. The van der Waals surface area contributed by atoms with Crippen molar-refractivity contribution in [1.82, 2.24) is 15.3 Å². The number of aromatic nitrogens is 2. The summed E-state index contributed by atoms with van der Waals surface area (Å²) in [6, 6.07) is 4.10. The number of carbonyl (C=O) groups is 1. The number of methoxy groups -OCH3 is 3. The monoisotopic (exact) mass is 555 g/mol. The Balaban J connectivity index is 1.59. The molecule has 4 heterocycles. The van der Waals surface area contributed by atoms with Crippen molar-refractivity contribution in [3.05, 3.63) is 48.7 Å². The maximum atomic E-state index is 15.4. The van der Waals surface area contributed by atoms with Crippen molar-refractivity contribution in [3.8, 4) is 22.8 Å². The summed E-state index contributed by atoms with van der Waals surface area (Å²) in [5.74, 6) is -1.29. The Hall–Kier alpha value is -4.03. The maximum absolute atomic E-state index is 15.4. The highest BCUT2D eigenvalue weighted by molar-refractivity contribution is 5.96. The highest BCUT2D eigenvalue weighted by Gasteiger charge is 2.31. The second-order valence-electron chi connectivity index (χ2n) is 9.61. The van der Waals surface area contributed by atoms with Crippen LogP contribution in [0.4, 0.5) is 20.4 Å². The van der Waals surface area contributed by atoms with E-state index in [9.17, 15) is 4.79 Å². The van der Waals surface area contributed by atoms with Gasteiger partial charge in [-0.3, -0.25) is 4.79 Å². The number of pyridine rings is 2. The van der Waals surface area contributed by atoms with Crippen LogP contribution in [0.1, 0.15) is 6.42 Å². The molecule has 10 nitrogen and oxygen atoms in total. The van der Waals surface area contributed by atoms with Crippen LogP contribution in [-0.2, 0) is 14.3 Å². The molecule has 1 aromatic carbocycles. The summed E-state index contributed by atoms with van der Waals surface area (Å²) < 4.78 is 52.3. The molecule has 2 fully saturated rings. The van der Waals surface area contributed by atoms with E-state index in [0.717, 1.165) is 17.9 Å². The van der Waals surface area contributed by atoms with Gasteiger partial charge in [-0.15, -0.1) is 0 Å². The quantitative estimate of drug-likeness (QED) is 0.385. The van der Waals surface area contributed by atoms with E-state index in [1.54, 1.807) is 19.4 Å². The molecule has 2 aromatic heterocycles. The number of nitrogens with one attached hydrogen (secondary N) is 2. The molecule has 1 amide bonds. The average molecular weight is 556 g/mol. The number of hydrogen-bond donors (Lipinski definition) is 2. The fourth-order valence-corrected chi connectivity index (χ4v) is 5.07. The lowest BCUT2D eigenvalue weighted by atomic mass is 10.0. The molecule has 212 valence electrons. The number of hydrogen-bond acceptors (Lipinski definition) is 9. The summed E-state index contributed by atoms with van der Waals surface area (Å²) in [4.78, 5) is 23.2. The normalized spacial score (nSPS) is 20.5. The zero-order valence-electron chi connectivity index (χ0n) is 22.5. The van der Waals surface area contributed by atoms with E-state index < -0.39 is 11.6 Å². The molecular weight excluding hydrogens is 524 g/mol. The Bertz CT molecular complexity index is 1410. The number of halogens is 2. The fraction of sp³-hybridized carbons (Fsp3) is 0.393. The van der Waals surface area contributed by atoms with Crippen LogP contribution in [0.2, 0.25) is 0 Å². The molecule has 0 bridgehead atoms. The Morgan fingerprint density at radius 1 is 1.12 bits per heavy atom. The molecule has 2 aliphatic heterocycles. The third-order valence-corrected chi connectivity index (χ3v) is 7.23. The summed E-state index contributed by atoms with van der Waals surface area (Å²) in [5.41, 5.74) is -0.276. The van der Waals surface area contributed by atoms with Crippen molar-refractivity contribution in [2.75, 3.05) is 57.8 Å². The number of amides is 1. The first-order valence-corrected chi connectivity index (χ1v) is 12.8. The molecule has 3 aromatic rings. The molecule has 1 unspecified atom stereocenters.